The summed E-state index contributed by atoms with van der Waals surface area (Å²) in [4.78, 5) is 8.66. The summed E-state index contributed by atoms with van der Waals surface area (Å²) in [6.45, 7) is 0.404. The molecule has 7 heteroatoms. The van der Waals surface area contributed by atoms with Crippen LogP contribution in [-0.4, -0.2) is 22.2 Å². The number of ether oxygens (including phenoxy) is 1. The van der Waals surface area contributed by atoms with E-state index >= 15 is 0 Å². The molecule has 0 radical (unpaired) electrons. The molecule has 0 unspecified atom stereocenters. The highest BCUT2D eigenvalue weighted by atomic mass is 32.1. The van der Waals surface area contributed by atoms with Gasteiger partial charge in [0.15, 0.2) is 0 Å². The van der Waals surface area contributed by atoms with E-state index in [0.29, 0.717) is 24.0 Å². The molecule has 0 aliphatic heterocycles. The van der Waals surface area contributed by atoms with Gasteiger partial charge < -0.3 is 15.0 Å². The van der Waals surface area contributed by atoms with Gasteiger partial charge in [-0.3, -0.25) is 0 Å². The molecule has 2 aromatic heterocycles. The number of benzene rings is 1. The van der Waals surface area contributed by atoms with Crippen LogP contribution in [0.4, 0.5) is 0 Å². The van der Waals surface area contributed by atoms with Crippen molar-refractivity contribution in [1.29, 1.82) is 0 Å². The lowest BCUT2D eigenvalue weighted by atomic mass is 10.2. The normalized spacial score (nSPS) is 10.7. The minimum absolute atomic E-state index is 0.388. The molecular weight excluding hydrogens is 276 g/mol. The van der Waals surface area contributed by atoms with Crippen molar-refractivity contribution in [2.24, 2.45) is 5.73 Å². The van der Waals surface area contributed by atoms with Gasteiger partial charge in [-0.25, -0.2) is 4.98 Å². The van der Waals surface area contributed by atoms with E-state index in [0.717, 1.165) is 16.3 Å². The molecule has 0 saturated carbocycles. The molecule has 2 heterocycles. The number of thiazole rings is 1. The second-order valence-electron chi connectivity index (χ2n) is 3.99. The first kappa shape index (κ1) is 12.8. The highest BCUT2D eigenvalue weighted by Gasteiger charge is 2.13. The van der Waals surface area contributed by atoms with Gasteiger partial charge in [-0.15, -0.1) is 11.3 Å². The minimum Gasteiger partial charge on any atom is -0.497 e. The third kappa shape index (κ3) is 2.40. The van der Waals surface area contributed by atoms with E-state index in [1.807, 2.05) is 29.6 Å². The third-order valence-electron chi connectivity index (χ3n) is 2.70. The molecule has 0 aliphatic rings. The van der Waals surface area contributed by atoms with Crippen molar-refractivity contribution in [2.45, 2.75) is 6.54 Å². The molecule has 0 aliphatic carbocycles. The zero-order valence-corrected chi connectivity index (χ0v) is 11.6. The minimum atomic E-state index is 0.388. The maximum Gasteiger partial charge on any atom is 0.277 e. The first-order valence-electron chi connectivity index (χ1n) is 5.93. The van der Waals surface area contributed by atoms with Crippen LogP contribution in [0.2, 0.25) is 0 Å². The van der Waals surface area contributed by atoms with E-state index in [1.165, 1.54) is 11.3 Å². The smallest absolute Gasteiger partial charge is 0.277 e. The lowest BCUT2D eigenvalue weighted by Crippen LogP contribution is -1.94. The molecule has 3 aromatic rings. The van der Waals surface area contributed by atoms with Gasteiger partial charge in [0.1, 0.15) is 16.5 Å². The molecule has 6 nitrogen and oxygen atoms in total. The summed E-state index contributed by atoms with van der Waals surface area (Å²) in [7, 11) is 1.62. The Morgan fingerprint density at radius 1 is 1.35 bits per heavy atom. The first-order valence-corrected chi connectivity index (χ1v) is 6.81. The average molecular weight is 288 g/mol. The summed E-state index contributed by atoms with van der Waals surface area (Å²) in [6, 6.07) is 7.47. The fraction of sp³-hybridized carbons (Fsp3) is 0.154. The zero-order chi connectivity index (χ0) is 13.9. The molecule has 0 saturated heterocycles. The van der Waals surface area contributed by atoms with Crippen LogP contribution < -0.4 is 10.5 Å². The van der Waals surface area contributed by atoms with Crippen LogP contribution in [0.25, 0.3) is 23.0 Å². The summed E-state index contributed by atoms with van der Waals surface area (Å²) in [5.41, 5.74) is 7.01. The predicted molar refractivity (Wildman–Crippen MR) is 75.3 cm³/mol. The van der Waals surface area contributed by atoms with Crippen LogP contribution in [-0.2, 0) is 6.54 Å². The van der Waals surface area contributed by atoms with Gasteiger partial charge in [0, 0.05) is 17.5 Å². The van der Waals surface area contributed by atoms with Gasteiger partial charge in [-0.1, -0.05) is 17.3 Å². The van der Waals surface area contributed by atoms with Crippen LogP contribution in [0.3, 0.4) is 0 Å². The molecule has 0 bridgehead atoms. The predicted octanol–water partition coefficient (Wildman–Crippen LogP) is 2.33. The monoisotopic (exact) mass is 288 g/mol. The highest BCUT2D eigenvalue weighted by molar-refractivity contribution is 7.09. The fourth-order valence-corrected chi connectivity index (χ4v) is 2.36. The second kappa shape index (κ2) is 5.40. The third-order valence-corrected chi connectivity index (χ3v) is 3.57. The standard InChI is InChI=1S/C13H12N4O2S/c1-18-9-4-2-3-8(5-9)12-16-13(19-17-12)10-7-20-11(6-14)15-10/h2-5,7H,6,14H2,1H3. The summed E-state index contributed by atoms with van der Waals surface area (Å²) >= 11 is 1.47. The summed E-state index contributed by atoms with van der Waals surface area (Å²) in [6.07, 6.45) is 0. The van der Waals surface area contributed by atoms with Gasteiger partial charge in [0.2, 0.25) is 5.82 Å². The number of aromatic nitrogens is 3. The summed E-state index contributed by atoms with van der Waals surface area (Å²) < 4.78 is 10.4. The maximum atomic E-state index is 5.54. The largest absolute Gasteiger partial charge is 0.497 e. The van der Waals surface area contributed by atoms with E-state index in [9.17, 15) is 0 Å². The number of methoxy groups -OCH3 is 1. The molecular formula is C13H12N4O2S. The molecule has 3 rings (SSSR count). The lowest BCUT2D eigenvalue weighted by Gasteiger charge is -1.99. The Balaban J connectivity index is 1.93. The molecule has 0 atom stereocenters. The quantitative estimate of drug-likeness (QED) is 0.792. The zero-order valence-electron chi connectivity index (χ0n) is 10.7. The molecule has 0 fully saturated rings. The number of nitrogens with two attached hydrogens (primary N) is 1. The topological polar surface area (TPSA) is 87.1 Å². The fourth-order valence-electron chi connectivity index (χ4n) is 1.71. The Hall–Kier alpha value is -2.25. The van der Waals surface area contributed by atoms with E-state index in [-0.39, 0.29) is 0 Å². The Labute approximate surface area is 119 Å². The number of hydrogen-bond acceptors (Lipinski definition) is 7. The highest BCUT2D eigenvalue weighted by Crippen LogP contribution is 2.25. The Kier molecular flexibility index (Phi) is 3.44. The van der Waals surface area contributed by atoms with Crippen LogP contribution in [0, 0.1) is 0 Å². The van der Waals surface area contributed by atoms with Crippen molar-refractivity contribution < 1.29 is 9.26 Å². The van der Waals surface area contributed by atoms with Crippen molar-refractivity contribution in [3.8, 4) is 28.7 Å². The summed E-state index contributed by atoms with van der Waals surface area (Å²) in [5.74, 6) is 1.63. The number of nitrogens with zero attached hydrogens (tertiary/aromatic N) is 3. The molecule has 20 heavy (non-hydrogen) atoms. The van der Waals surface area contributed by atoms with E-state index in [1.54, 1.807) is 7.11 Å². The second-order valence-corrected chi connectivity index (χ2v) is 4.93. The van der Waals surface area contributed by atoms with Gasteiger partial charge in [-0.05, 0) is 12.1 Å². The maximum absolute atomic E-state index is 5.54. The molecule has 102 valence electrons. The van der Waals surface area contributed by atoms with Crippen molar-refractivity contribution in [3.05, 3.63) is 34.7 Å². The van der Waals surface area contributed by atoms with Crippen molar-refractivity contribution >= 4 is 11.3 Å². The Bertz CT molecular complexity index is 722. The van der Waals surface area contributed by atoms with Crippen LogP contribution in [0.15, 0.2) is 34.2 Å². The average Bonchev–Trinajstić information content (AvgIpc) is 3.15. The van der Waals surface area contributed by atoms with Gasteiger partial charge >= 0.3 is 0 Å². The molecule has 0 amide bonds. The lowest BCUT2D eigenvalue weighted by molar-refractivity contribution is 0.414. The van der Waals surface area contributed by atoms with Gasteiger partial charge in [0.05, 0.1) is 7.11 Å². The van der Waals surface area contributed by atoms with E-state index < -0.39 is 0 Å². The molecule has 2 N–H and O–H groups in total. The van der Waals surface area contributed by atoms with E-state index in [2.05, 4.69) is 15.1 Å². The number of hydrogen-bond donors (Lipinski definition) is 1. The van der Waals surface area contributed by atoms with Gasteiger partial charge in [0.25, 0.3) is 5.89 Å². The summed E-state index contributed by atoms with van der Waals surface area (Å²) in [5, 5.41) is 6.65. The molecule has 0 spiro atoms. The van der Waals surface area contributed by atoms with Crippen molar-refractivity contribution in [2.75, 3.05) is 7.11 Å². The first-order chi connectivity index (χ1) is 9.80. The van der Waals surface area contributed by atoms with Crippen molar-refractivity contribution in [1.82, 2.24) is 15.1 Å². The van der Waals surface area contributed by atoms with E-state index in [4.69, 9.17) is 15.0 Å². The van der Waals surface area contributed by atoms with Gasteiger partial charge in [-0.2, -0.15) is 4.98 Å². The SMILES string of the molecule is COc1cccc(-c2noc(-c3csc(CN)n3)n2)c1. The van der Waals surface area contributed by atoms with Crippen LogP contribution in [0.5, 0.6) is 5.75 Å². The Morgan fingerprint density at radius 3 is 3.00 bits per heavy atom. The van der Waals surface area contributed by atoms with Crippen LogP contribution >= 0.6 is 11.3 Å². The number of rotatable bonds is 4. The Morgan fingerprint density at radius 2 is 2.25 bits per heavy atom. The molecule has 1 aromatic carbocycles. The van der Waals surface area contributed by atoms with Crippen molar-refractivity contribution in [3.63, 3.8) is 0 Å². The van der Waals surface area contributed by atoms with Crippen LogP contribution in [0.1, 0.15) is 5.01 Å².